The van der Waals surface area contributed by atoms with E-state index >= 15 is 0 Å². The lowest BCUT2D eigenvalue weighted by Gasteiger charge is -2.11. The molecular weight excluding hydrogens is 376 g/mol. The largest absolute Gasteiger partial charge is 0.295 e. The van der Waals surface area contributed by atoms with Gasteiger partial charge in [-0.05, 0) is 64.5 Å². The summed E-state index contributed by atoms with van der Waals surface area (Å²) < 4.78 is 1.53. The number of aromatic amines is 1. The van der Waals surface area contributed by atoms with E-state index in [0.717, 1.165) is 22.4 Å². The molecular formula is C24H24N4O2. The van der Waals surface area contributed by atoms with Crippen LogP contribution >= 0.6 is 0 Å². The number of aromatic nitrogens is 2. The molecule has 4 rings (SSSR count). The Bertz CT molecular complexity index is 1270. The van der Waals surface area contributed by atoms with Crippen LogP contribution in [0.2, 0.25) is 0 Å². The maximum absolute atomic E-state index is 13.1. The van der Waals surface area contributed by atoms with Crippen LogP contribution in [0.3, 0.4) is 0 Å². The van der Waals surface area contributed by atoms with Crippen molar-refractivity contribution in [2.75, 3.05) is 5.01 Å². The first-order chi connectivity index (χ1) is 14.3. The molecule has 30 heavy (non-hydrogen) atoms. The highest BCUT2D eigenvalue weighted by Crippen LogP contribution is 2.25. The van der Waals surface area contributed by atoms with Crippen molar-refractivity contribution < 1.29 is 4.79 Å². The quantitative estimate of drug-likeness (QED) is 0.669. The molecule has 0 spiro atoms. The molecule has 6 heteroatoms. The Morgan fingerprint density at radius 1 is 0.900 bits per heavy atom. The van der Waals surface area contributed by atoms with Crippen LogP contribution in [0.5, 0.6) is 0 Å². The highest BCUT2D eigenvalue weighted by molar-refractivity contribution is 6.32. The standard InChI is InChI=1S/C24H24N4O2/c1-14-6-9-19(10-7-14)27-23(29)20(17(4)25-27)13-21-18(5)26-28(24(21)30)22-11-8-15(2)12-16(22)3/h6-13,26H,1-5H3. The first-order valence-corrected chi connectivity index (χ1v) is 9.84. The molecule has 6 nitrogen and oxygen atoms in total. The summed E-state index contributed by atoms with van der Waals surface area (Å²) >= 11 is 0. The van der Waals surface area contributed by atoms with Gasteiger partial charge in [-0.25, -0.2) is 4.68 Å². The summed E-state index contributed by atoms with van der Waals surface area (Å²) in [5, 5.41) is 8.93. The van der Waals surface area contributed by atoms with Crippen molar-refractivity contribution in [2.45, 2.75) is 34.6 Å². The average molecular weight is 400 g/mol. The topological polar surface area (TPSA) is 70.5 Å². The fourth-order valence-corrected chi connectivity index (χ4v) is 3.65. The first-order valence-electron chi connectivity index (χ1n) is 9.84. The molecule has 1 aliphatic rings. The smallest absolute Gasteiger partial charge is 0.280 e. The molecule has 152 valence electrons. The molecule has 0 saturated heterocycles. The summed E-state index contributed by atoms with van der Waals surface area (Å²) in [4.78, 5) is 26.2. The van der Waals surface area contributed by atoms with E-state index in [2.05, 4.69) is 10.2 Å². The second-order valence-electron chi connectivity index (χ2n) is 7.78. The van der Waals surface area contributed by atoms with Crippen molar-refractivity contribution in [3.63, 3.8) is 0 Å². The zero-order valence-electron chi connectivity index (χ0n) is 17.8. The highest BCUT2D eigenvalue weighted by Gasteiger charge is 2.29. The minimum Gasteiger partial charge on any atom is -0.295 e. The van der Waals surface area contributed by atoms with E-state index in [1.165, 1.54) is 9.69 Å². The van der Waals surface area contributed by atoms with Crippen LogP contribution in [0.25, 0.3) is 11.8 Å². The SMILES string of the molecule is CC1=NN(c2ccc(C)cc2)C(=O)C1=Cc1c(C)[nH]n(-c2ccc(C)cc2C)c1=O. The van der Waals surface area contributed by atoms with Crippen molar-refractivity contribution in [3.8, 4) is 5.69 Å². The molecule has 0 radical (unpaired) electrons. The number of amides is 1. The van der Waals surface area contributed by atoms with Crippen molar-refractivity contribution in [1.82, 2.24) is 9.78 Å². The third-order valence-corrected chi connectivity index (χ3v) is 5.34. The lowest BCUT2D eigenvalue weighted by atomic mass is 10.1. The molecule has 1 amide bonds. The van der Waals surface area contributed by atoms with E-state index in [4.69, 9.17) is 0 Å². The van der Waals surface area contributed by atoms with Crippen LogP contribution in [0.4, 0.5) is 5.69 Å². The van der Waals surface area contributed by atoms with Crippen LogP contribution in [-0.2, 0) is 4.79 Å². The zero-order chi connectivity index (χ0) is 21.6. The summed E-state index contributed by atoms with van der Waals surface area (Å²) in [5.41, 5.74) is 6.70. The van der Waals surface area contributed by atoms with Crippen molar-refractivity contribution in [3.05, 3.63) is 86.3 Å². The van der Waals surface area contributed by atoms with Gasteiger partial charge in [-0.3, -0.25) is 14.7 Å². The first kappa shape index (κ1) is 19.6. The number of hydrogen-bond acceptors (Lipinski definition) is 3. The third-order valence-electron chi connectivity index (χ3n) is 5.34. The number of rotatable bonds is 3. The van der Waals surface area contributed by atoms with Gasteiger partial charge in [0.25, 0.3) is 11.5 Å². The molecule has 3 aromatic rings. The van der Waals surface area contributed by atoms with Crippen LogP contribution in [0.15, 0.2) is 57.9 Å². The number of hydrogen-bond donors (Lipinski definition) is 1. The number of hydrazone groups is 1. The Hall–Kier alpha value is -3.67. The molecule has 1 N–H and O–H groups in total. The number of carbonyl (C=O) groups is 1. The zero-order valence-corrected chi connectivity index (χ0v) is 17.8. The second kappa shape index (κ2) is 7.30. The summed E-state index contributed by atoms with van der Waals surface area (Å²) in [5.74, 6) is -0.241. The van der Waals surface area contributed by atoms with Gasteiger partial charge in [-0.2, -0.15) is 10.1 Å². The number of H-pyrrole nitrogens is 1. The maximum atomic E-state index is 13.1. The van der Waals surface area contributed by atoms with Crippen LogP contribution in [0, 0.1) is 27.7 Å². The van der Waals surface area contributed by atoms with Crippen molar-refractivity contribution in [1.29, 1.82) is 0 Å². The number of aryl methyl sites for hydroxylation is 4. The third kappa shape index (κ3) is 3.30. The Morgan fingerprint density at radius 2 is 1.57 bits per heavy atom. The molecule has 2 aromatic carbocycles. The van der Waals surface area contributed by atoms with Gasteiger partial charge in [0.2, 0.25) is 0 Å². The van der Waals surface area contributed by atoms with Gasteiger partial charge < -0.3 is 0 Å². The fourth-order valence-electron chi connectivity index (χ4n) is 3.65. The Kier molecular flexibility index (Phi) is 4.78. The van der Waals surface area contributed by atoms with Gasteiger partial charge in [0.15, 0.2) is 0 Å². The van der Waals surface area contributed by atoms with E-state index in [-0.39, 0.29) is 11.5 Å². The van der Waals surface area contributed by atoms with Gasteiger partial charge >= 0.3 is 0 Å². The lowest BCUT2D eigenvalue weighted by Crippen LogP contribution is -2.22. The Morgan fingerprint density at radius 3 is 2.23 bits per heavy atom. The van der Waals surface area contributed by atoms with Crippen LogP contribution < -0.4 is 10.6 Å². The summed E-state index contributed by atoms with van der Waals surface area (Å²) in [6, 6.07) is 13.5. The highest BCUT2D eigenvalue weighted by atomic mass is 16.2. The van der Waals surface area contributed by atoms with E-state index in [1.807, 2.05) is 70.2 Å². The number of benzene rings is 2. The molecule has 0 atom stereocenters. The van der Waals surface area contributed by atoms with Gasteiger partial charge in [0, 0.05) is 5.69 Å². The number of anilines is 1. The Labute approximate surface area is 175 Å². The molecule has 0 unspecified atom stereocenters. The summed E-state index contributed by atoms with van der Waals surface area (Å²) in [6.07, 6.45) is 1.64. The minimum absolute atomic E-state index is 0.193. The molecule has 2 heterocycles. The van der Waals surface area contributed by atoms with Gasteiger partial charge in [-0.15, -0.1) is 0 Å². The maximum Gasteiger partial charge on any atom is 0.280 e. The number of carbonyl (C=O) groups excluding carboxylic acids is 1. The molecule has 0 fully saturated rings. The predicted molar refractivity (Wildman–Crippen MR) is 120 cm³/mol. The van der Waals surface area contributed by atoms with E-state index in [9.17, 15) is 9.59 Å². The molecule has 1 aliphatic heterocycles. The lowest BCUT2D eigenvalue weighted by molar-refractivity contribution is -0.114. The minimum atomic E-state index is -0.241. The summed E-state index contributed by atoms with van der Waals surface area (Å²) in [7, 11) is 0. The van der Waals surface area contributed by atoms with Crippen molar-refractivity contribution in [2.24, 2.45) is 5.10 Å². The van der Waals surface area contributed by atoms with Crippen molar-refractivity contribution >= 4 is 23.4 Å². The monoisotopic (exact) mass is 400 g/mol. The molecule has 0 bridgehead atoms. The average Bonchev–Trinajstić information content (AvgIpc) is 3.13. The van der Waals surface area contributed by atoms with Crippen LogP contribution in [0.1, 0.15) is 34.9 Å². The normalized spacial score (nSPS) is 15.2. The Balaban J connectivity index is 1.74. The number of nitrogens with one attached hydrogen (secondary N) is 1. The van der Waals surface area contributed by atoms with Gasteiger partial charge in [0.05, 0.1) is 28.2 Å². The van der Waals surface area contributed by atoms with Gasteiger partial charge in [-0.1, -0.05) is 35.4 Å². The van der Waals surface area contributed by atoms with E-state index in [0.29, 0.717) is 28.2 Å². The predicted octanol–water partition coefficient (Wildman–Crippen LogP) is 4.21. The number of nitrogens with zero attached hydrogens (tertiary/aromatic N) is 3. The fraction of sp³-hybridized carbons (Fsp3) is 0.208. The molecule has 1 aromatic heterocycles. The second-order valence-corrected chi connectivity index (χ2v) is 7.78. The van der Waals surface area contributed by atoms with E-state index < -0.39 is 0 Å². The van der Waals surface area contributed by atoms with E-state index in [1.54, 1.807) is 13.0 Å². The van der Waals surface area contributed by atoms with Gasteiger partial charge in [0.1, 0.15) is 0 Å². The summed E-state index contributed by atoms with van der Waals surface area (Å²) in [6.45, 7) is 9.59. The van der Waals surface area contributed by atoms with Crippen LogP contribution in [-0.4, -0.2) is 21.4 Å². The molecule has 0 saturated carbocycles. The molecule has 0 aliphatic carbocycles.